The predicted octanol–water partition coefficient (Wildman–Crippen LogP) is 1.31. The lowest BCUT2D eigenvalue weighted by molar-refractivity contribution is -0.117. The first-order valence-corrected chi connectivity index (χ1v) is 8.23. The standard InChI is InChI=1S/C14H23N3O3S/c1-5-6-12(15)14(18)16-13-9-11(8-7-10(13)2)21(19,20)17(3)4/h7-9,12H,5-6,15H2,1-4H3,(H,16,18)/t12-/m1/s1. The molecule has 0 saturated carbocycles. The van der Waals surface area contributed by atoms with Crippen LogP contribution in [0.1, 0.15) is 25.3 Å². The van der Waals surface area contributed by atoms with Crippen LogP contribution in [0.5, 0.6) is 0 Å². The second-order valence-electron chi connectivity index (χ2n) is 5.15. The Hall–Kier alpha value is -1.44. The first-order valence-electron chi connectivity index (χ1n) is 6.79. The largest absolute Gasteiger partial charge is 0.324 e. The van der Waals surface area contributed by atoms with Gasteiger partial charge < -0.3 is 11.1 Å². The molecule has 0 radical (unpaired) electrons. The molecule has 1 rings (SSSR count). The van der Waals surface area contributed by atoms with E-state index >= 15 is 0 Å². The van der Waals surface area contributed by atoms with Gasteiger partial charge in [0.1, 0.15) is 0 Å². The van der Waals surface area contributed by atoms with Crippen molar-refractivity contribution in [1.29, 1.82) is 0 Å². The summed E-state index contributed by atoms with van der Waals surface area (Å²) in [4.78, 5) is 12.1. The van der Waals surface area contributed by atoms with Crippen molar-refractivity contribution in [2.75, 3.05) is 19.4 Å². The summed E-state index contributed by atoms with van der Waals surface area (Å²) < 4.78 is 25.3. The molecule has 0 aromatic heterocycles. The SMILES string of the molecule is CCC[C@@H](N)C(=O)Nc1cc(S(=O)(=O)N(C)C)ccc1C. The molecule has 1 amide bonds. The molecule has 6 nitrogen and oxygen atoms in total. The van der Waals surface area contributed by atoms with Gasteiger partial charge >= 0.3 is 0 Å². The Labute approximate surface area is 126 Å². The van der Waals surface area contributed by atoms with Gasteiger partial charge in [-0.2, -0.15) is 0 Å². The van der Waals surface area contributed by atoms with Crippen molar-refractivity contribution in [3.8, 4) is 0 Å². The Morgan fingerprint density at radius 3 is 2.52 bits per heavy atom. The van der Waals surface area contributed by atoms with Crippen LogP contribution in [-0.2, 0) is 14.8 Å². The third-order valence-electron chi connectivity index (χ3n) is 3.18. The van der Waals surface area contributed by atoms with Crippen LogP contribution in [0.2, 0.25) is 0 Å². The summed E-state index contributed by atoms with van der Waals surface area (Å²) in [5.74, 6) is -0.306. The van der Waals surface area contributed by atoms with Crippen LogP contribution in [-0.4, -0.2) is 38.8 Å². The average Bonchev–Trinajstić information content (AvgIpc) is 2.40. The number of hydrogen-bond acceptors (Lipinski definition) is 4. The van der Waals surface area contributed by atoms with Gasteiger partial charge in [-0.05, 0) is 31.0 Å². The molecular formula is C14H23N3O3S. The summed E-state index contributed by atoms with van der Waals surface area (Å²) in [5, 5.41) is 2.70. The van der Waals surface area contributed by atoms with E-state index in [1.54, 1.807) is 13.0 Å². The Morgan fingerprint density at radius 2 is 2.00 bits per heavy atom. The van der Waals surface area contributed by atoms with Crippen molar-refractivity contribution >= 4 is 21.6 Å². The molecule has 0 spiro atoms. The molecule has 0 heterocycles. The quantitative estimate of drug-likeness (QED) is 0.828. The second-order valence-corrected chi connectivity index (χ2v) is 7.30. The zero-order chi connectivity index (χ0) is 16.2. The van der Waals surface area contributed by atoms with Crippen molar-refractivity contribution in [2.45, 2.75) is 37.6 Å². The fourth-order valence-electron chi connectivity index (χ4n) is 1.77. The number of anilines is 1. The molecule has 3 N–H and O–H groups in total. The Balaban J connectivity index is 3.07. The molecule has 0 aliphatic carbocycles. The highest BCUT2D eigenvalue weighted by Gasteiger charge is 2.19. The van der Waals surface area contributed by atoms with Gasteiger partial charge in [-0.1, -0.05) is 19.4 Å². The van der Waals surface area contributed by atoms with Crippen LogP contribution in [0.3, 0.4) is 0 Å². The molecule has 0 unspecified atom stereocenters. The molecule has 1 aromatic carbocycles. The number of carbonyl (C=O) groups is 1. The first kappa shape index (κ1) is 17.6. The number of amides is 1. The minimum atomic E-state index is -3.53. The Kier molecular flexibility index (Phi) is 5.88. The van der Waals surface area contributed by atoms with Gasteiger partial charge in [-0.25, -0.2) is 12.7 Å². The van der Waals surface area contributed by atoms with Crippen molar-refractivity contribution < 1.29 is 13.2 Å². The number of carbonyl (C=O) groups excluding carboxylic acids is 1. The average molecular weight is 313 g/mol. The van der Waals surface area contributed by atoms with Gasteiger partial charge in [0.2, 0.25) is 15.9 Å². The molecule has 0 aliphatic heterocycles. The lowest BCUT2D eigenvalue weighted by atomic mass is 10.1. The summed E-state index contributed by atoms with van der Waals surface area (Å²) in [6.07, 6.45) is 1.39. The summed E-state index contributed by atoms with van der Waals surface area (Å²) in [5.41, 5.74) is 7.01. The van der Waals surface area contributed by atoms with E-state index in [0.717, 1.165) is 16.3 Å². The van der Waals surface area contributed by atoms with Crippen molar-refractivity contribution in [1.82, 2.24) is 4.31 Å². The van der Waals surface area contributed by atoms with Crippen LogP contribution in [0, 0.1) is 6.92 Å². The third-order valence-corrected chi connectivity index (χ3v) is 4.99. The van der Waals surface area contributed by atoms with Crippen molar-refractivity contribution in [2.24, 2.45) is 5.73 Å². The van der Waals surface area contributed by atoms with E-state index in [1.165, 1.54) is 26.2 Å². The van der Waals surface area contributed by atoms with Gasteiger partial charge in [0.15, 0.2) is 0 Å². The fourth-order valence-corrected chi connectivity index (χ4v) is 2.70. The number of sulfonamides is 1. The Morgan fingerprint density at radius 1 is 1.38 bits per heavy atom. The second kappa shape index (κ2) is 7.02. The molecule has 0 aliphatic rings. The van der Waals surface area contributed by atoms with Gasteiger partial charge in [0.05, 0.1) is 10.9 Å². The maximum atomic E-state index is 12.1. The molecule has 7 heteroatoms. The Bertz CT molecular complexity index is 612. The van der Waals surface area contributed by atoms with Crippen LogP contribution in [0.4, 0.5) is 5.69 Å². The highest BCUT2D eigenvalue weighted by atomic mass is 32.2. The van der Waals surface area contributed by atoms with Gasteiger partial charge in [0.25, 0.3) is 0 Å². The summed E-state index contributed by atoms with van der Waals surface area (Å²) in [6, 6.07) is 4.05. The normalized spacial score (nSPS) is 13.2. The lowest BCUT2D eigenvalue weighted by Crippen LogP contribution is -2.35. The highest BCUT2D eigenvalue weighted by Crippen LogP contribution is 2.22. The topological polar surface area (TPSA) is 92.5 Å². The lowest BCUT2D eigenvalue weighted by Gasteiger charge is -2.16. The monoisotopic (exact) mass is 313 g/mol. The molecule has 0 bridgehead atoms. The number of nitrogens with zero attached hydrogens (tertiary/aromatic N) is 1. The van der Waals surface area contributed by atoms with Crippen molar-refractivity contribution in [3.05, 3.63) is 23.8 Å². The van der Waals surface area contributed by atoms with E-state index in [1.807, 2.05) is 6.92 Å². The predicted molar refractivity (Wildman–Crippen MR) is 83.6 cm³/mol. The van der Waals surface area contributed by atoms with Crippen LogP contribution in [0.25, 0.3) is 0 Å². The molecule has 0 fully saturated rings. The van der Waals surface area contributed by atoms with Crippen molar-refractivity contribution in [3.63, 3.8) is 0 Å². The molecule has 118 valence electrons. The number of benzene rings is 1. The van der Waals surface area contributed by atoms with Gasteiger partial charge in [0, 0.05) is 19.8 Å². The van der Waals surface area contributed by atoms with E-state index in [9.17, 15) is 13.2 Å². The van der Waals surface area contributed by atoms with Crippen LogP contribution < -0.4 is 11.1 Å². The van der Waals surface area contributed by atoms with Crippen LogP contribution >= 0.6 is 0 Å². The molecule has 0 saturated heterocycles. The summed E-state index contributed by atoms with van der Waals surface area (Å²) in [6.45, 7) is 3.75. The fraction of sp³-hybridized carbons (Fsp3) is 0.500. The number of nitrogens with one attached hydrogen (secondary N) is 1. The number of nitrogens with two attached hydrogens (primary N) is 1. The smallest absolute Gasteiger partial charge is 0.242 e. The van der Waals surface area contributed by atoms with Crippen LogP contribution in [0.15, 0.2) is 23.1 Å². The van der Waals surface area contributed by atoms with E-state index < -0.39 is 16.1 Å². The van der Waals surface area contributed by atoms with Gasteiger partial charge in [-0.15, -0.1) is 0 Å². The van der Waals surface area contributed by atoms with E-state index in [4.69, 9.17) is 5.73 Å². The molecule has 21 heavy (non-hydrogen) atoms. The third kappa shape index (κ3) is 4.26. The summed E-state index contributed by atoms with van der Waals surface area (Å²) in [7, 11) is -0.606. The number of aryl methyl sites for hydroxylation is 1. The van der Waals surface area contributed by atoms with Gasteiger partial charge in [-0.3, -0.25) is 4.79 Å². The van der Waals surface area contributed by atoms with E-state index in [2.05, 4.69) is 5.32 Å². The summed E-state index contributed by atoms with van der Waals surface area (Å²) >= 11 is 0. The zero-order valence-corrected chi connectivity index (χ0v) is 13.7. The highest BCUT2D eigenvalue weighted by molar-refractivity contribution is 7.89. The molecular weight excluding hydrogens is 290 g/mol. The minimum Gasteiger partial charge on any atom is -0.324 e. The first-order chi connectivity index (χ1) is 9.70. The number of hydrogen-bond donors (Lipinski definition) is 2. The maximum Gasteiger partial charge on any atom is 0.242 e. The minimum absolute atomic E-state index is 0.137. The van der Waals surface area contributed by atoms with E-state index in [-0.39, 0.29) is 10.8 Å². The van der Waals surface area contributed by atoms with E-state index in [0.29, 0.717) is 12.1 Å². The maximum absolute atomic E-state index is 12.1. The molecule has 1 atom stereocenters. The molecule has 1 aromatic rings. The zero-order valence-electron chi connectivity index (χ0n) is 12.9. The number of rotatable bonds is 6.